The zero-order valence-corrected chi connectivity index (χ0v) is 13.5. The standard InChI is InChI=1S/C17H16N6O2/c1-24-12-4-2-3-10(7-12)8-15-21-23-17(25-15)19-11-5-6-14-13(9-11)16(18)22-20-14/h2-7,9H,8H2,1H3,(H,19,23)(H3,18,20,22). The molecular weight excluding hydrogens is 320 g/mol. The topological polar surface area (TPSA) is 115 Å². The molecule has 25 heavy (non-hydrogen) atoms. The normalized spacial score (nSPS) is 10.9. The van der Waals surface area contributed by atoms with Crippen molar-refractivity contribution in [3.8, 4) is 5.75 Å². The van der Waals surface area contributed by atoms with E-state index in [2.05, 4.69) is 25.7 Å². The van der Waals surface area contributed by atoms with Crippen molar-refractivity contribution in [1.29, 1.82) is 0 Å². The van der Waals surface area contributed by atoms with Gasteiger partial charge in [-0.25, -0.2) is 0 Å². The number of hydrogen-bond acceptors (Lipinski definition) is 7. The van der Waals surface area contributed by atoms with Gasteiger partial charge in [-0.1, -0.05) is 17.2 Å². The van der Waals surface area contributed by atoms with Crippen LogP contribution in [0, 0.1) is 0 Å². The minimum Gasteiger partial charge on any atom is -0.497 e. The molecule has 4 rings (SSSR count). The molecule has 4 N–H and O–H groups in total. The van der Waals surface area contributed by atoms with Crippen molar-refractivity contribution in [2.75, 3.05) is 18.2 Å². The molecule has 0 fully saturated rings. The van der Waals surface area contributed by atoms with Crippen LogP contribution in [-0.4, -0.2) is 27.5 Å². The van der Waals surface area contributed by atoms with Gasteiger partial charge in [0.25, 0.3) is 0 Å². The van der Waals surface area contributed by atoms with Crippen molar-refractivity contribution in [1.82, 2.24) is 20.4 Å². The van der Waals surface area contributed by atoms with Crippen molar-refractivity contribution in [3.63, 3.8) is 0 Å². The SMILES string of the molecule is COc1cccc(Cc2nnc(Nc3ccc4[nH]nc(N)c4c3)o2)c1. The molecule has 8 heteroatoms. The zero-order valence-electron chi connectivity index (χ0n) is 13.5. The molecule has 0 spiro atoms. The maximum atomic E-state index is 5.82. The Morgan fingerprint density at radius 2 is 2.12 bits per heavy atom. The van der Waals surface area contributed by atoms with Crippen molar-refractivity contribution in [2.24, 2.45) is 0 Å². The molecule has 0 bridgehead atoms. The van der Waals surface area contributed by atoms with E-state index in [1.54, 1.807) is 7.11 Å². The van der Waals surface area contributed by atoms with E-state index in [4.69, 9.17) is 14.9 Å². The number of rotatable bonds is 5. The number of methoxy groups -OCH3 is 1. The zero-order chi connectivity index (χ0) is 17.2. The number of H-pyrrole nitrogens is 1. The first-order chi connectivity index (χ1) is 12.2. The molecule has 0 aliphatic heterocycles. The molecule has 4 aromatic rings. The fourth-order valence-electron chi connectivity index (χ4n) is 2.57. The molecule has 2 aromatic heterocycles. The molecule has 8 nitrogen and oxygen atoms in total. The Balaban J connectivity index is 1.51. The minimum atomic E-state index is 0.319. The number of aromatic amines is 1. The summed E-state index contributed by atoms with van der Waals surface area (Å²) >= 11 is 0. The van der Waals surface area contributed by atoms with Crippen LogP contribution < -0.4 is 15.8 Å². The Kier molecular flexibility index (Phi) is 3.70. The first-order valence-corrected chi connectivity index (χ1v) is 7.67. The van der Waals surface area contributed by atoms with Gasteiger partial charge >= 0.3 is 6.01 Å². The van der Waals surface area contributed by atoms with Crippen molar-refractivity contribution < 1.29 is 9.15 Å². The Labute approximate surface area is 143 Å². The quantitative estimate of drug-likeness (QED) is 0.513. The van der Waals surface area contributed by atoms with Gasteiger partial charge < -0.3 is 20.2 Å². The van der Waals surface area contributed by atoms with Crippen LogP contribution in [0.2, 0.25) is 0 Å². The number of aromatic nitrogens is 4. The Bertz CT molecular complexity index is 1020. The molecule has 0 saturated heterocycles. The molecule has 0 aliphatic rings. The molecule has 0 atom stereocenters. The summed E-state index contributed by atoms with van der Waals surface area (Å²) in [6.45, 7) is 0. The molecule has 0 radical (unpaired) electrons. The van der Waals surface area contributed by atoms with Gasteiger partial charge in [0, 0.05) is 11.1 Å². The van der Waals surface area contributed by atoms with E-state index in [0.29, 0.717) is 24.1 Å². The van der Waals surface area contributed by atoms with E-state index >= 15 is 0 Å². The second-order valence-corrected chi connectivity index (χ2v) is 5.52. The monoisotopic (exact) mass is 336 g/mol. The van der Waals surface area contributed by atoms with Crippen LogP contribution in [0.5, 0.6) is 5.75 Å². The van der Waals surface area contributed by atoms with Gasteiger partial charge in [0.2, 0.25) is 5.89 Å². The molecule has 0 amide bonds. The summed E-state index contributed by atoms with van der Waals surface area (Å²) in [6.07, 6.45) is 0.527. The first-order valence-electron chi connectivity index (χ1n) is 7.67. The number of nitrogen functional groups attached to an aromatic ring is 1. The average molecular weight is 336 g/mol. The lowest BCUT2D eigenvalue weighted by molar-refractivity contribution is 0.414. The average Bonchev–Trinajstić information content (AvgIpc) is 3.22. The van der Waals surface area contributed by atoms with Gasteiger partial charge in [-0.15, -0.1) is 5.10 Å². The summed E-state index contributed by atoms with van der Waals surface area (Å²) < 4.78 is 10.9. The Morgan fingerprint density at radius 1 is 1.20 bits per heavy atom. The van der Waals surface area contributed by atoms with E-state index in [9.17, 15) is 0 Å². The number of fused-ring (bicyclic) bond motifs is 1. The fraction of sp³-hybridized carbons (Fsp3) is 0.118. The van der Waals surface area contributed by atoms with Crippen LogP contribution in [0.4, 0.5) is 17.5 Å². The summed E-state index contributed by atoms with van der Waals surface area (Å²) in [7, 11) is 1.64. The van der Waals surface area contributed by atoms with Gasteiger partial charge in [0.1, 0.15) is 5.75 Å². The highest BCUT2D eigenvalue weighted by atomic mass is 16.5. The minimum absolute atomic E-state index is 0.319. The van der Waals surface area contributed by atoms with E-state index in [1.165, 1.54) is 0 Å². The van der Waals surface area contributed by atoms with Crippen LogP contribution in [-0.2, 0) is 6.42 Å². The maximum Gasteiger partial charge on any atom is 0.320 e. The molecule has 0 aliphatic carbocycles. The summed E-state index contributed by atoms with van der Waals surface area (Å²) in [5.74, 6) is 1.75. The number of ether oxygens (including phenoxy) is 1. The van der Waals surface area contributed by atoms with Crippen LogP contribution in [0.3, 0.4) is 0 Å². The Hall–Kier alpha value is -3.55. The molecule has 2 aromatic carbocycles. The van der Waals surface area contributed by atoms with E-state index in [0.717, 1.165) is 27.9 Å². The third-order valence-electron chi connectivity index (χ3n) is 3.80. The maximum absolute atomic E-state index is 5.82. The Morgan fingerprint density at radius 3 is 3.00 bits per heavy atom. The third kappa shape index (κ3) is 3.09. The van der Waals surface area contributed by atoms with Gasteiger partial charge in [-0.3, -0.25) is 5.10 Å². The van der Waals surface area contributed by atoms with Gasteiger partial charge in [0.15, 0.2) is 5.82 Å². The van der Waals surface area contributed by atoms with Crippen LogP contribution in [0.15, 0.2) is 46.9 Å². The van der Waals surface area contributed by atoms with E-state index in [-0.39, 0.29) is 0 Å². The van der Waals surface area contributed by atoms with Crippen LogP contribution >= 0.6 is 0 Å². The predicted octanol–water partition coefficient (Wildman–Crippen LogP) is 2.87. The molecule has 2 heterocycles. The summed E-state index contributed by atoms with van der Waals surface area (Å²) in [4.78, 5) is 0. The highest BCUT2D eigenvalue weighted by molar-refractivity contribution is 5.91. The molecule has 0 saturated carbocycles. The van der Waals surface area contributed by atoms with E-state index < -0.39 is 0 Å². The number of nitrogens with two attached hydrogens (primary N) is 1. The van der Waals surface area contributed by atoms with Crippen LogP contribution in [0.1, 0.15) is 11.5 Å². The largest absolute Gasteiger partial charge is 0.497 e. The molecular formula is C17H16N6O2. The first kappa shape index (κ1) is 15.0. The van der Waals surface area contributed by atoms with Crippen molar-refractivity contribution in [2.45, 2.75) is 6.42 Å². The van der Waals surface area contributed by atoms with Crippen molar-refractivity contribution in [3.05, 3.63) is 53.9 Å². The molecule has 126 valence electrons. The predicted molar refractivity (Wildman–Crippen MR) is 93.9 cm³/mol. The fourth-order valence-corrected chi connectivity index (χ4v) is 2.57. The number of nitrogens with zero attached hydrogens (tertiary/aromatic N) is 3. The third-order valence-corrected chi connectivity index (χ3v) is 3.80. The smallest absolute Gasteiger partial charge is 0.320 e. The number of hydrogen-bond donors (Lipinski definition) is 3. The second kappa shape index (κ2) is 6.16. The van der Waals surface area contributed by atoms with Gasteiger partial charge in [-0.2, -0.15) is 5.10 Å². The van der Waals surface area contributed by atoms with Gasteiger partial charge in [0.05, 0.1) is 19.0 Å². The highest BCUT2D eigenvalue weighted by Gasteiger charge is 2.09. The second-order valence-electron chi connectivity index (χ2n) is 5.52. The van der Waals surface area contributed by atoms with Crippen LogP contribution in [0.25, 0.3) is 10.9 Å². The summed E-state index contributed by atoms with van der Waals surface area (Å²) in [5, 5.41) is 18.8. The number of benzene rings is 2. The molecule has 0 unspecified atom stereocenters. The highest BCUT2D eigenvalue weighted by Crippen LogP contribution is 2.24. The number of anilines is 3. The summed E-state index contributed by atoms with van der Waals surface area (Å²) in [5.41, 5.74) is 8.51. The lowest BCUT2D eigenvalue weighted by atomic mass is 10.1. The lowest BCUT2D eigenvalue weighted by Crippen LogP contribution is -1.91. The lowest BCUT2D eigenvalue weighted by Gasteiger charge is -2.02. The number of nitrogens with one attached hydrogen (secondary N) is 2. The van der Waals surface area contributed by atoms with Gasteiger partial charge in [-0.05, 0) is 35.9 Å². The van der Waals surface area contributed by atoms with Crippen molar-refractivity contribution >= 4 is 28.4 Å². The van der Waals surface area contributed by atoms with E-state index in [1.807, 2.05) is 42.5 Å². The summed E-state index contributed by atoms with van der Waals surface area (Å²) in [6, 6.07) is 13.7.